The first-order valence-corrected chi connectivity index (χ1v) is 4.89. The molecule has 1 aliphatic carbocycles. The summed E-state index contributed by atoms with van der Waals surface area (Å²) in [6, 6.07) is 0. The van der Waals surface area contributed by atoms with E-state index < -0.39 is 5.60 Å². The van der Waals surface area contributed by atoms with Crippen molar-refractivity contribution in [3.63, 3.8) is 0 Å². The van der Waals surface area contributed by atoms with Crippen LogP contribution < -0.4 is 0 Å². The van der Waals surface area contributed by atoms with Gasteiger partial charge in [-0.1, -0.05) is 20.8 Å². The minimum absolute atomic E-state index is 0.131. The van der Waals surface area contributed by atoms with Crippen molar-refractivity contribution in [1.29, 1.82) is 0 Å². The second kappa shape index (κ2) is 3.00. The quantitative estimate of drug-likeness (QED) is 0.675. The van der Waals surface area contributed by atoms with Crippen LogP contribution in [0.4, 0.5) is 0 Å². The van der Waals surface area contributed by atoms with Crippen LogP contribution in [0.2, 0.25) is 0 Å². The van der Waals surface area contributed by atoms with Crippen LogP contribution in [0.25, 0.3) is 0 Å². The molecule has 72 valence electrons. The summed E-state index contributed by atoms with van der Waals surface area (Å²) in [7, 11) is 0. The maximum Gasteiger partial charge on any atom is 0.0723 e. The second-order valence-electron chi connectivity index (χ2n) is 4.16. The first kappa shape index (κ1) is 10.0. The van der Waals surface area contributed by atoms with E-state index >= 15 is 0 Å². The van der Waals surface area contributed by atoms with Crippen LogP contribution in [0.3, 0.4) is 0 Å². The molecular weight excluding hydrogens is 152 g/mol. The molecule has 1 rings (SSSR count). The molecular formula is C10H20O2. The number of hydrogen-bond donors (Lipinski definition) is 2. The number of aliphatic hydroxyl groups excluding tert-OH is 1. The molecule has 1 saturated carbocycles. The molecule has 2 atom stereocenters. The van der Waals surface area contributed by atoms with Crippen molar-refractivity contribution in [3.05, 3.63) is 0 Å². The van der Waals surface area contributed by atoms with Crippen molar-refractivity contribution >= 4 is 0 Å². The Morgan fingerprint density at radius 2 is 1.83 bits per heavy atom. The topological polar surface area (TPSA) is 40.5 Å². The molecule has 0 amide bonds. The Morgan fingerprint density at radius 3 is 1.92 bits per heavy atom. The van der Waals surface area contributed by atoms with E-state index in [1.807, 2.05) is 13.8 Å². The van der Waals surface area contributed by atoms with Gasteiger partial charge < -0.3 is 10.2 Å². The smallest absolute Gasteiger partial charge is 0.0723 e. The molecule has 12 heavy (non-hydrogen) atoms. The molecule has 0 aliphatic heterocycles. The number of hydrogen-bond acceptors (Lipinski definition) is 2. The molecule has 0 heterocycles. The molecule has 0 spiro atoms. The zero-order chi connectivity index (χ0) is 9.41. The first-order valence-electron chi connectivity index (χ1n) is 4.89. The summed E-state index contributed by atoms with van der Waals surface area (Å²) in [6.45, 7) is 6.22. The lowest BCUT2D eigenvalue weighted by molar-refractivity contribution is -0.0677. The van der Waals surface area contributed by atoms with Gasteiger partial charge in [0.2, 0.25) is 0 Å². The fraction of sp³-hybridized carbons (Fsp3) is 1.00. The SMILES string of the molecule is CCC(O)(CC)C1(CO)CC1C. The molecule has 2 N–H and O–H groups in total. The largest absolute Gasteiger partial charge is 0.396 e. The first-order chi connectivity index (χ1) is 5.56. The molecule has 2 unspecified atom stereocenters. The highest BCUT2D eigenvalue weighted by atomic mass is 16.3. The van der Waals surface area contributed by atoms with E-state index in [4.69, 9.17) is 0 Å². The van der Waals surface area contributed by atoms with E-state index in [1.165, 1.54) is 0 Å². The third-order valence-electron chi connectivity index (χ3n) is 3.83. The predicted octanol–water partition coefficient (Wildman–Crippen LogP) is 1.56. The molecule has 0 saturated heterocycles. The minimum atomic E-state index is -0.638. The summed E-state index contributed by atoms with van der Waals surface area (Å²) >= 11 is 0. The highest BCUT2D eigenvalue weighted by molar-refractivity contribution is 5.11. The van der Waals surface area contributed by atoms with E-state index in [9.17, 15) is 10.2 Å². The Hall–Kier alpha value is -0.0800. The van der Waals surface area contributed by atoms with E-state index in [-0.39, 0.29) is 12.0 Å². The fourth-order valence-corrected chi connectivity index (χ4v) is 2.46. The monoisotopic (exact) mass is 172 g/mol. The Kier molecular flexibility index (Phi) is 2.50. The molecule has 0 aromatic heterocycles. The van der Waals surface area contributed by atoms with Gasteiger partial charge in [-0.2, -0.15) is 0 Å². The molecule has 1 fully saturated rings. The van der Waals surface area contributed by atoms with Crippen LogP contribution in [-0.2, 0) is 0 Å². The maximum atomic E-state index is 10.2. The van der Waals surface area contributed by atoms with Crippen LogP contribution in [0.15, 0.2) is 0 Å². The van der Waals surface area contributed by atoms with Crippen LogP contribution in [0.5, 0.6) is 0 Å². The molecule has 0 aromatic carbocycles. The standard InChI is InChI=1S/C10H20O2/c1-4-10(12,5-2)9(7-11)6-8(9)3/h8,11-12H,4-7H2,1-3H3. The Morgan fingerprint density at radius 1 is 1.42 bits per heavy atom. The van der Waals surface area contributed by atoms with Gasteiger partial charge in [-0.3, -0.25) is 0 Å². The molecule has 2 heteroatoms. The van der Waals surface area contributed by atoms with E-state index in [0.29, 0.717) is 5.92 Å². The summed E-state index contributed by atoms with van der Waals surface area (Å²) in [5.74, 6) is 0.479. The lowest BCUT2D eigenvalue weighted by atomic mass is 9.79. The van der Waals surface area contributed by atoms with Crippen molar-refractivity contribution in [3.8, 4) is 0 Å². The van der Waals surface area contributed by atoms with Gasteiger partial charge in [-0.25, -0.2) is 0 Å². The highest BCUT2D eigenvalue weighted by Gasteiger charge is 2.62. The van der Waals surface area contributed by atoms with Gasteiger partial charge in [0, 0.05) is 5.41 Å². The van der Waals surface area contributed by atoms with E-state index in [1.54, 1.807) is 0 Å². The summed E-state index contributed by atoms with van der Waals surface area (Å²) in [6.07, 6.45) is 2.46. The minimum Gasteiger partial charge on any atom is -0.396 e. The number of rotatable bonds is 4. The zero-order valence-corrected chi connectivity index (χ0v) is 8.30. The van der Waals surface area contributed by atoms with Crippen LogP contribution in [0, 0.1) is 11.3 Å². The maximum absolute atomic E-state index is 10.2. The van der Waals surface area contributed by atoms with Gasteiger partial charge in [0.1, 0.15) is 0 Å². The summed E-state index contributed by atoms with van der Waals surface area (Å²) in [5.41, 5.74) is -0.822. The fourth-order valence-electron chi connectivity index (χ4n) is 2.46. The lowest BCUT2D eigenvalue weighted by Crippen LogP contribution is -2.41. The van der Waals surface area contributed by atoms with Gasteiger partial charge in [-0.15, -0.1) is 0 Å². The molecule has 0 radical (unpaired) electrons. The van der Waals surface area contributed by atoms with Crippen molar-refractivity contribution in [1.82, 2.24) is 0 Å². The van der Waals surface area contributed by atoms with E-state index in [2.05, 4.69) is 6.92 Å². The molecule has 0 aromatic rings. The van der Waals surface area contributed by atoms with Crippen molar-refractivity contribution in [2.75, 3.05) is 6.61 Å². The highest BCUT2D eigenvalue weighted by Crippen LogP contribution is 2.60. The van der Waals surface area contributed by atoms with Gasteiger partial charge in [0.15, 0.2) is 0 Å². The third kappa shape index (κ3) is 1.09. The van der Waals surface area contributed by atoms with E-state index in [0.717, 1.165) is 19.3 Å². The van der Waals surface area contributed by atoms with Crippen LogP contribution >= 0.6 is 0 Å². The van der Waals surface area contributed by atoms with Gasteiger partial charge in [0.25, 0.3) is 0 Å². The van der Waals surface area contributed by atoms with Crippen molar-refractivity contribution in [2.45, 2.75) is 45.6 Å². The van der Waals surface area contributed by atoms with Crippen LogP contribution in [0.1, 0.15) is 40.0 Å². The van der Waals surface area contributed by atoms with Crippen LogP contribution in [-0.4, -0.2) is 22.4 Å². The Bertz CT molecular complexity index is 150. The van der Waals surface area contributed by atoms with Crippen molar-refractivity contribution < 1.29 is 10.2 Å². The van der Waals surface area contributed by atoms with Gasteiger partial charge >= 0.3 is 0 Å². The van der Waals surface area contributed by atoms with Gasteiger partial charge in [-0.05, 0) is 25.2 Å². The number of aliphatic hydroxyl groups is 2. The summed E-state index contributed by atoms with van der Waals surface area (Å²) in [5, 5.41) is 19.5. The normalized spacial score (nSPS) is 35.2. The lowest BCUT2D eigenvalue weighted by Gasteiger charge is -2.34. The van der Waals surface area contributed by atoms with Crippen molar-refractivity contribution in [2.24, 2.45) is 11.3 Å². The average molecular weight is 172 g/mol. The Labute approximate surface area is 74.6 Å². The predicted molar refractivity (Wildman–Crippen MR) is 48.8 cm³/mol. The Balaban J connectivity index is 2.78. The zero-order valence-electron chi connectivity index (χ0n) is 8.30. The average Bonchev–Trinajstić information content (AvgIpc) is 2.77. The summed E-state index contributed by atoms with van der Waals surface area (Å²) in [4.78, 5) is 0. The third-order valence-corrected chi connectivity index (χ3v) is 3.83. The van der Waals surface area contributed by atoms with Gasteiger partial charge in [0.05, 0.1) is 12.2 Å². The summed E-state index contributed by atoms with van der Waals surface area (Å²) < 4.78 is 0. The molecule has 1 aliphatic rings. The molecule has 0 bridgehead atoms. The molecule has 2 nitrogen and oxygen atoms in total. The second-order valence-corrected chi connectivity index (χ2v) is 4.16.